The minimum absolute atomic E-state index is 0.215. The smallest absolute Gasteiger partial charge is 0.231 e. The number of benzene rings is 1. The number of rotatable bonds is 2. The van der Waals surface area contributed by atoms with Gasteiger partial charge in [0, 0.05) is 22.8 Å². The first kappa shape index (κ1) is 12.2. The molecule has 5 heteroatoms. The van der Waals surface area contributed by atoms with Gasteiger partial charge in [-0.15, -0.1) is 0 Å². The maximum Gasteiger partial charge on any atom is 0.231 e. The zero-order valence-electron chi connectivity index (χ0n) is 9.56. The number of ketones is 1. The van der Waals surface area contributed by atoms with E-state index < -0.39 is 0 Å². The summed E-state index contributed by atoms with van der Waals surface area (Å²) in [6, 6.07) is 8.38. The van der Waals surface area contributed by atoms with Gasteiger partial charge in [0.25, 0.3) is 0 Å². The van der Waals surface area contributed by atoms with Crippen LogP contribution in [0.3, 0.4) is 0 Å². The fourth-order valence-electron chi connectivity index (χ4n) is 1.80. The van der Waals surface area contributed by atoms with E-state index in [4.69, 9.17) is 27.6 Å². The summed E-state index contributed by atoms with van der Waals surface area (Å²) in [6.07, 6.45) is 2.95. The van der Waals surface area contributed by atoms with Gasteiger partial charge >= 0.3 is 0 Å². The summed E-state index contributed by atoms with van der Waals surface area (Å²) in [5, 5.41) is 1.71. The molecule has 0 bridgehead atoms. The Morgan fingerprint density at radius 3 is 2.79 bits per heavy atom. The van der Waals surface area contributed by atoms with Crippen LogP contribution >= 0.6 is 23.2 Å². The maximum absolute atomic E-state index is 12.3. The topological polar surface area (TPSA) is 43.1 Å². The molecule has 0 aliphatic carbocycles. The third-order valence-corrected chi connectivity index (χ3v) is 3.28. The number of hydrogen-bond acceptors (Lipinski definition) is 3. The Morgan fingerprint density at radius 2 is 2.00 bits per heavy atom. The van der Waals surface area contributed by atoms with E-state index in [0.717, 1.165) is 5.39 Å². The molecule has 3 aromatic rings. The predicted octanol–water partition coefficient (Wildman–Crippen LogP) is 4.37. The number of fused-ring (bicyclic) bond motifs is 1. The Labute approximate surface area is 118 Å². The van der Waals surface area contributed by atoms with Gasteiger partial charge in [0.1, 0.15) is 5.58 Å². The van der Waals surface area contributed by atoms with E-state index in [9.17, 15) is 4.79 Å². The largest absolute Gasteiger partial charge is 0.453 e. The zero-order chi connectivity index (χ0) is 13.4. The van der Waals surface area contributed by atoms with Gasteiger partial charge in [-0.25, -0.2) is 0 Å². The molecule has 0 atom stereocenters. The van der Waals surface area contributed by atoms with Crippen LogP contribution in [0.15, 0.2) is 47.1 Å². The first-order valence-corrected chi connectivity index (χ1v) is 6.24. The lowest BCUT2D eigenvalue weighted by molar-refractivity contribution is 0.101. The fourth-order valence-corrected chi connectivity index (χ4v) is 2.17. The molecular formula is C14H7Cl2NO2. The number of halogens is 2. The second-order valence-electron chi connectivity index (χ2n) is 3.98. The molecule has 19 heavy (non-hydrogen) atoms. The molecule has 1 aromatic carbocycles. The van der Waals surface area contributed by atoms with Crippen LogP contribution in [-0.2, 0) is 0 Å². The van der Waals surface area contributed by atoms with Crippen molar-refractivity contribution >= 4 is 40.0 Å². The van der Waals surface area contributed by atoms with E-state index in [2.05, 4.69) is 4.98 Å². The van der Waals surface area contributed by atoms with E-state index in [1.54, 1.807) is 30.3 Å². The number of hydrogen-bond donors (Lipinski definition) is 0. The molecule has 0 unspecified atom stereocenters. The molecule has 0 radical (unpaired) electrons. The predicted molar refractivity (Wildman–Crippen MR) is 73.9 cm³/mol. The van der Waals surface area contributed by atoms with Gasteiger partial charge in [0.05, 0.1) is 10.6 Å². The first-order chi connectivity index (χ1) is 9.15. The third-order valence-electron chi connectivity index (χ3n) is 2.71. The molecule has 0 aliphatic rings. The van der Waals surface area contributed by atoms with Crippen molar-refractivity contribution in [3.8, 4) is 0 Å². The fraction of sp³-hybridized carbons (Fsp3) is 0. The van der Waals surface area contributed by atoms with Gasteiger partial charge in [-0.05, 0) is 30.3 Å². The lowest BCUT2D eigenvalue weighted by Crippen LogP contribution is -2.00. The summed E-state index contributed by atoms with van der Waals surface area (Å²) in [7, 11) is 0. The molecule has 2 heterocycles. The second-order valence-corrected chi connectivity index (χ2v) is 4.82. The molecule has 0 spiro atoms. The van der Waals surface area contributed by atoms with Crippen molar-refractivity contribution in [3.05, 3.63) is 64.1 Å². The molecule has 2 aromatic heterocycles. The summed E-state index contributed by atoms with van der Waals surface area (Å²) in [6.45, 7) is 0. The van der Waals surface area contributed by atoms with Gasteiger partial charge in [-0.1, -0.05) is 23.2 Å². The van der Waals surface area contributed by atoms with Crippen molar-refractivity contribution in [2.24, 2.45) is 0 Å². The van der Waals surface area contributed by atoms with Crippen molar-refractivity contribution in [2.45, 2.75) is 0 Å². The molecule has 0 aliphatic heterocycles. The average molecular weight is 292 g/mol. The first-order valence-electron chi connectivity index (χ1n) is 5.48. The number of aromatic nitrogens is 1. The quantitative estimate of drug-likeness (QED) is 0.659. The van der Waals surface area contributed by atoms with Crippen molar-refractivity contribution in [1.82, 2.24) is 4.98 Å². The van der Waals surface area contributed by atoms with Gasteiger partial charge in [-0.2, -0.15) is 0 Å². The molecule has 94 valence electrons. The van der Waals surface area contributed by atoms with E-state index in [1.165, 1.54) is 12.4 Å². The third kappa shape index (κ3) is 2.23. The highest BCUT2D eigenvalue weighted by Gasteiger charge is 2.17. The molecule has 0 saturated heterocycles. The van der Waals surface area contributed by atoms with E-state index >= 15 is 0 Å². The van der Waals surface area contributed by atoms with Crippen molar-refractivity contribution in [1.29, 1.82) is 0 Å². The van der Waals surface area contributed by atoms with Crippen molar-refractivity contribution < 1.29 is 9.21 Å². The summed E-state index contributed by atoms with van der Waals surface area (Å²) < 4.78 is 5.50. The summed E-state index contributed by atoms with van der Waals surface area (Å²) in [4.78, 5) is 16.2. The van der Waals surface area contributed by atoms with Crippen LogP contribution in [0.4, 0.5) is 0 Å². The van der Waals surface area contributed by atoms with Crippen LogP contribution in [-0.4, -0.2) is 10.8 Å². The molecule has 0 fully saturated rings. The van der Waals surface area contributed by atoms with Gasteiger partial charge in [0.2, 0.25) is 5.78 Å². The molecule has 0 N–H and O–H groups in total. The number of carbonyl (C=O) groups is 1. The number of nitrogens with zero attached hydrogens (tertiary/aromatic N) is 1. The van der Waals surface area contributed by atoms with E-state index in [0.29, 0.717) is 21.2 Å². The minimum Gasteiger partial charge on any atom is -0.453 e. The Kier molecular flexibility index (Phi) is 3.01. The molecule has 3 nitrogen and oxygen atoms in total. The minimum atomic E-state index is -0.301. The number of pyridine rings is 1. The zero-order valence-corrected chi connectivity index (χ0v) is 11.1. The van der Waals surface area contributed by atoms with Crippen molar-refractivity contribution in [2.75, 3.05) is 0 Å². The van der Waals surface area contributed by atoms with E-state index in [-0.39, 0.29) is 11.5 Å². The number of furan rings is 1. The summed E-state index contributed by atoms with van der Waals surface area (Å²) in [5.74, 6) is -0.0856. The molecule has 3 rings (SSSR count). The highest BCUT2D eigenvalue weighted by atomic mass is 35.5. The average Bonchev–Trinajstić information content (AvgIpc) is 2.81. The second kappa shape index (κ2) is 4.68. The summed E-state index contributed by atoms with van der Waals surface area (Å²) in [5.41, 5.74) is 0.919. The highest BCUT2D eigenvalue weighted by Crippen LogP contribution is 2.26. The van der Waals surface area contributed by atoms with Crippen LogP contribution in [0.2, 0.25) is 10.0 Å². The van der Waals surface area contributed by atoms with Gasteiger partial charge < -0.3 is 4.42 Å². The van der Waals surface area contributed by atoms with Crippen LogP contribution in [0.25, 0.3) is 11.0 Å². The van der Waals surface area contributed by atoms with Crippen LogP contribution in [0.5, 0.6) is 0 Å². The van der Waals surface area contributed by atoms with Crippen molar-refractivity contribution in [3.63, 3.8) is 0 Å². The molecular weight excluding hydrogens is 285 g/mol. The Hall–Kier alpha value is -1.84. The van der Waals surface area contributed by atoms with Crippen LogP contribution in [0, 0.1) is 0 Å². The van der Waals surface area contributed by atoms with Crippen LogP contribution in [0.1, 0.15) is 16.1 Å². The Balaban J connectivity index is 2.09. The Bertz CT molecular complexity index is 780. The lowest BCUT2D eigenvalue weighted by atomic mass is 10.1. The summed E-state index contributed by atoms with van der Waals surface area (Å²) >= 11 is 11.9. The van der Waals surface area contributed by atoms with Crippen LogP contribution < -0.4 is 0 Å². The Morgan fingerprint density at radius 1 is 1.16 bits per heavy atom. The standard InChI is InChI=1S/C14H7Cl2NO2/c15-9-1-2-12-8(5-9)6-13(19-12)14(18)10-7-17-4-3-11(10)16/h1-7H. The van der Waals surface area contributed by atoms with E-state index in [1.807, 2.05) is 0 Å². The monoisotopic (exact) mass is 291 g/mol. The maximum atomic E-state index is 12.3. The SMILES string of the molecule is O=C(c1cc2cc(Cl)ccc2o1)c1cnccc1Cl. The lowest BCUT2D eigenvalue weighted by Gasteiger charge is -1.98. The highest BCUT2D eigenvalue weighted by molar-refractivity contribution is 6.34. The number of carbonyl (C=O) groups excluding carboxylic acids is 1. The van der Waals surface area contributed by atoms with Gasteiger partial charge in [-0.3, -0.25) is 9.78 Å². The normalized spacial score (nSPS) is 10.8. The molecule has 0 amide bonds. The van der Waals surface area contributed by atoms with Gasteiger partial charge in [0.15, 0.2) is 5.76 Å². The molecule has 0 saturated carbocycles.